The summed E-state index contributed by atoms with van der Waals surface area (Å²) in [5, 5.41) is 3.48. The van der Waals surface area contributed by atoms with E-state index in [9.17, 15) is 4.79 Å². The number of hydrogen-bond donors (Lipinski definition) is 1. The van der Waals surface area contributed by atoms with Gasteiger partial charge >= 0.3 is 0 Å². The van der Waals surface area contributed by atoms with Crippen LogP contribution in [0, 0.1) is 6.92 Å². The number of rotatable bonds is 3. The van der Waals surface area contributed by atoms with Gasteiger partial charge < -0.3 is 5.32 Å². The summed E-state index contributed by atoms with van der Waals surface area (Å²) in [5.74, 6) is 0.0759. The van der Waals surface area contributed by atoms with Gasteiger partial charge in [-0.05, 0) is 30.2 Å². The number of allylic oxidation sites excluding steroid dienone is 1. The van der Waals surface area contributed by atoms with Gasteiger partial charge in [-0.1, -0.05) is 66.7 Å². The van der Waals surface area contributed by atoms with Crippen molar-refractivity contribution in [3.63, 3.8) is 0 Å². The zero-order chi connectivity index (χ0) is 16.5. The van der Waals surface area contributed by atoms with Crippen LogP contribution < -0.4 is 5.32 Å². The largest absolute Gasteiger partial charge is 0.354 e. The van der Waals surface area contributed by atoms with E-state index in [0.717, 1.165) is 33.6 Å². The minimum atomic E-state index is 0.0759. The Morgan fingerprint density at radius 3 is 2.21 bits per heavy atom. The van der Waals surface area contributed by atoms with Crippen LogP contribution in [0.25, 0.3) is 11.3 Å². The first-order valence-electron chi connectivity index (χ1n) is 8.01. The highest BCUT2D eigenvalue weighted by molar-refractivity contribution is 6.40. The van der Waals surface area contributed by atoms with Gasteiger partial charge in [0, 0.05) is 16.8 Å². The topological polar surface area (TPSA) is 29.1 Å². The normalized spacial score (nSPS) is 13.1. The van der Waals surface area contributed by atoms with Crippen molar-refractivity contribution in [1.29, 1.82) is 0 Å². The first-order chi connectivity index (χ1) is 11.7. The second kappa shape index (κ2) is 5.82. The van der Waals surface area contributed by atoms with Crippen LogP contribution in [0.3, 0.4) is 0 Å². The van der Waals surface area contributed by atoms with Gasteiger partial charge in [-0.2, -0.15) is 0 Å². The molecule has 0 bridgehead atoms. The van der Waals surface area contributed by atoms with Gasteiger partial charge in [0.1, 0.15) is 0 Å². The van der Waals surface area contributed by atoms with Crippen molar-refractivity contribution in [1.82, 2.24) is 0 Å². The molecule has 2 heteroatoms. The minimum absolute atomic E-state index is 0.0759. The van der Waals surface area contributed by atoms with Crippen molar-refractivity contribution in [3.05, 3.63) is 101 Å². The van der Waals surface area contributed by atoms with E-state index in [1.807, 2.05) is 66.7 Å². The summed E-state index contributed by atoms with van der Waals surface area (Å²) in [6.45, 7) is 2.06. The zero-order valence-corrected chi connectivity index (χ0v) is 13.4. The molecule has 3 aromatic rings. The monoisotopic (exact) mass is 311 g/mol. The third-order valence-electron chi connectivity index (χ3n) is 4.27. The van der Waals surface area contributed by atoms with Crippen LogP contribution >= 0.6 is 0 Å². The summed E-state index contributed by atoms with van der Waals surface area (Å²) in [6.07, 6.45) is 0. The number of anilines is 1. The van der Waals surface area contributed by atoms with E-state index in [1.165, 1.54) is 5.56 Å². The van der Waals surface area contributed by atoms with Crippen molar-refractivity contribution >= 4 is 22.7 Å². The van der Waals surface area contributed by atoms with E-state index in [-0.39, 0.29) is 5.78 Å². The van der Waals surface area contributed by atoms with Crippen LogP contribution in [0.2, 0.25) is 0 Å². The Hall–Kier alpha value is -3.13. The lowest BCUT2D eigenvalue weighted by Gasteiger charge is -2.12. The Balaban J connectivity index is 1.89. The van der Waals surface area contributed by atoms with E-state index in [4.69, 9.17) is 0 Å². The molecule has 0 saturated carbocycles. The quantitative estimate of drug-likeness (QED) is 0.723. The number of hydrogen-bond acceptors (Lipinski definition) is 2. The van der Waals surface area contributed by atoms with Crippen molar-refractivity contribution in [3.8, 4) is 0 Å². The Morgan fingerprint density at radius 1 is 0.750 bits per heavy atom. The van der Waals surface area contributed by atoms with E-state index >= 15 is 0 Å². The number of benzene rings is 3. The van der Waals surface area contributed by atoms with Gasteiger partial charge in [0.15, 0.2) is 5.78 Å². The van der Waals surface area contributed by atoms with Gasteiger partial charge in [0.25, 0.3) is 0 Å². The van der Waals surface area contributed by atoms with E-state index in [1.54, 1.807) is 0 Å². The van der Waals surface area contributed by atoms with Crippen LogP contribution in [0.15, 0.2) is 78.9 Å². The second-order valence-corrected chi connectivity index (χ2v) is 5.99. The first-order valence-corrected chi connectivity index (χ1v) is 8.01. The Bertz CT molecular complexity index is 954. The fourth-order valence-corrected chi connectivity index (χ4v) is 3.16. The van der Waals surface area contributed by atoms with Crippen LogP contribution in [0.1, 0.15) is 27.0 Å². The summed E-state index contributed by atoms with van der Waals surface area (Å²) >= 11 is 0. The lowest BCUT2D eigenvalue weighted by molar-refractivity contribution is 0.105. The molecule has 1 aliphatic rings. The molecule has 0 spiro atoms. The van der Waals surface area contributed by atoms with Crippen LogP contribution in [0.4, 0.5) is 5.69 Å². The van der Waals surface area contributed by atoms with Crippen molar-refractivity contribution in [2.75, 3.05) is 5.32 Å². The molecule has 0 aromatic heterocycles. The van der Waals surface area contributed by atoms with Crippen molar-refractivity contribution in [2.24, 2.45) is 0 Å². The van der Waals surface area contributed by atoms with Crippen LogP contribution in [-0.4, -0.2) is 5.78 Å². The number of Topliss-reactive ketones (excluding diaryl/α,β-unsaturated/α-hetero) is 1. The minimum Gasteiger partial charge on any atom is -0.354 e. The molecule has 0 saturated heterocycles. The number of carbonyl (C=O) groups is 1. The van der Waals surface area contributed by atoms with Crippen molar-refractivity contribution in [2.45, 2.75) is 6.92 Å². The first kappa shape index (κ1) is 14.5. The fraction of sp³-hybridized carbons (Fsp3) is 0.0455. The van der Waals surface area contributed by atoms with Crippen LogP contribution in [0.5, 0.6) is 0 Å². The molecular weight excluding hydrogens is 294 g/mol. The molecule has 3 aromatic carbocycles. The molecule has 0 unspecified atom stereocenters. The number of carbonyl (C=O) groups excluding carboxylic acids is 1. The third-order valence-corrected chi connectivity index (χ3v) is 4.27. The van der Waals surface area contributed by atoms with Gasteiger partial charge in [-0.3, -0.25) is 4.79 Å². The van der Waals surface area contributed by atoms with E-state index in [2.05, 4.69) is 24.4 Å². The van der Waals surface area contributed by atoms with E-state index in [0.29, 0.717) is 0 Å². The Kier molecular flexibility index (Phi) is 3.51. The molecule has 2 nitrogen and oxygen atoms in total. The van der Waals surface area contributed by atoms with Gasteiger partial charge in [-0.15, -0.1) is 0 Å². The summed E-state index contributed by atoms with van der Waals surface area (Å²) in [7, 11) is 0. The summed E-state index contributed by atoms with van der Waals surface area (Å²) in [5.41, 5.74) is 6.44. The number of fused-ring (bicyclic) bond motifs is 1. The summed E-state index contributed by atoms with van der Waals surface area (Å²) in [4.78, 5) is 13.0. The van der Waals surface area contributed by atoms with Crippen LogP contribution in [-0.2, 0) is 0 Å². The molecule has 0 aliphatic heterocycles. The lowest BCUT2D eigenvalue weighted by Crippen LogP contribution is -2.01. The Labute approximate surface area is 141 Å². The molecule has 0 fully saturated rings. The highest BCUT2D eigenvalue weighted by Gasteiger charge is 2.30. The molecule has 0 heterocycles. The average molecular weight is 311 g/mol. The number of aryl methyl sites for hydroxylation is 1. The predicted octanol–water partition coefficient (Wildman–Crippen LogP) is 5.17. The molecule has 0 atom stereocenters. The maximum atomic E-state index is 13.0. The molecule has 1 aliphatic carbocycles. The summed E-state index contributed by atoms with van der Waals surface area (Å²) < 4.78 is 0. The number of ketones is 1. The van der Waals surface area contributed by atoms with Gasteiger partial charge in [-0.25, -0.2) is 0 Å². The van der Waals surface area contributed by atoms with Gasteiger partial charge in [0.05, 0.1) is 11.3 Å². The molecule has 0 amide bonds. The summed E-state index contributed by atoms with van der Waals surface area (Å²) in [6, 6.07) is 25.8. The predicted molar refractivity (Wildman–Crippen MR) is 98.8 cm³/mol. The maximum absolute atomic E-state index is 13.0. The lowest BCUT2D eigenvalue weighted by atomic mass is 10.0. The van der Waals surface area contributed by atoms with E-state index < -0.39 is 0 Å². The Morgan fingerprint density at radius 2 is 1.46 bits per heavy atom. The fourth-order valence-electron chi connectivity index (χ4n) is 3.16. The molecule has 4 rings (SSSR count). The second-order valence-electron chi connectivity index (χ2n) is 5.99. The zero-order valence-electron chi connectivity index (χ0n) is 13.4. The molecule has 1 N–H and O–H groups in total. The molecular formula is C22H17NO. The highest BCUT2D eigenvalue weighted by atomic mass is 16.1. The molecule has 0 radical (unpaired) electrons. The standard InChI is InChI=1S/C22H17NO/c1-15-8-7-11-17(14-15)23-21-18-12-5-6-13-19(18)22(24)20(21)16-9-3-2-4-10-16/h2-14,23H,1H3. The van der Waals surface area contributed by atoms with Gasteiger partial charge in [0.2, 0.25) is 0 Å². The third kappa shape index (κ3) is 2.42. The smallest absolute Gasteiger partial charge is 0.196 e. The number of nitrogens with one attached hydrogen (secondary N) is 1. The SMILES string of the molecule is Cc1cccc(NC2=C(c3ccccc3)C(=O)c3ccccc32)c1. The van der Waals surface area contributed by atoms with Crippen molar-refractivity contribution < 1.29 is 4.79 Å². The molecule has 24 heavy (non-hydrogen) atoms. The maximum Gasteiger partial charge on any atom is 0.196 e. The molecule has 116 valence electrons. The highest BCUT2D eigenvalue weighted by Crippen LogP contribution is 2.38. The average Bonchev–Trinajstić information content (AvgIpc) is 2.88.